The van der Waals surface area contributed by atoms with Crippen LogP contribution in [0.1, 0.15) is 28.5 Å². The minimum atomic E-state index is -0.372. The Kier molecular flexibility index (Phi) is 4.11. The first-order valence-electron chi connectivity index (χ1n) is 8.30. The van der Waals surface area contributed by atoms with Crippen molar-refractivity contribution in [3.8, 4) is 23.3 Å². The Morgan fingerprint density at radius 2 is 1.96 bits per heavy atom. The number of aromatic nitrogens is 1. The van der Waals surface area contributed by atoms with Crippen LogP contribution in [0.2, 0.25) is 0 Å². The van der Waals surface area contributed by atoms with Crippen LogP contribution in [0.5, 0.6) is 11.5 Å². The summed E-state index contributed by atoms with van der Waals surface area (Å²) >= 11 is 0. The fourth-order valence-corrected chi connectivity index (χ4v) is 3.46. The molecule has 1 unspecified atom stereocenters. The Bertz CT molecular complexity index is 1000. The van der Waals surface area contributed by atoms with Gasteiger partial charge in [0.15, 0.2) is 11.5 Å². The van der Waals surface area contributed by atoms with Gasteiger partial charge < -0.3 is 18.8 Å². The van der Waals surface area contributed by atoms with E-state index in [-0.39, 0.29) is 6.10 Å². The van der Waals surface area contributed by atoms with E-state index in [1.54, 1.807) is 14.2 Å². The number of fused-ring (bicyclic) bond motifs is 3. The fourth-order valence-electron chi connectivity index (χ4n) is 3.46. The zero-order chi connectivity index (χ0) is 18.1. The second-order valence-electron chi connectivity index (χ2n) is 6.03. The second kappa shape index (κ2) is 6.58. The third kappa shape index (κ3) is 2.52. The van der Waals surface area contributed by atoms with Gasteiger partial charge in [0.25, 0.3) is 0 Å². The van der Waals surface area contributed by atoms with E-state index in [1.165, 1.54) is 0 Å². The van der Waals surface area contributed by atoms with Crippen molar-refractivity contribution in [2.24, 2.45) is 0 Å². The molecule has 1 aliphatic rings. The third-order valence-corrected chi connectivity index (χ3v) is 4.65. The molecule has 0 bridgehead atoms. The molecule has 0 saturated heterocycles. The molecule has 5 heteroatoms. The van der Waals surface area contributed by atoms with Crippen LogP contribution in [-0.2, 0) is 11.3 Å². The van der Waals surface area contributed by atoms with Crippen molar-refractivity contribution < 1.29 is 14.2 Å². The first kappa shape index (κ1) is 16.2. The monoisotopic (exact) mass is 346 g/mol. The maximum absolute atomic E-state index is 9.36. The Balaban J connectivity index is 1.95. The molecule has 1 aromatic heterocycles. The van der Waals surface area contributed by atoms with Gasteiger partial charge in [0.2, 0.25) is 0 Å². The number of methoxy groups -OCH3 is 2. The van der Waals surface area contributed by atoms with Gasteiger partial charge in [0.1, 0.15) is 6.10 Å². The van der Waals surface area contributed by atoms with Crippen molar-refractivity contribution in [2.75, 3.05) is 14.2 Å². The summed E-state index contributed by atoms with van der Waals surface area (Å²) in [6.45, 7) is 0.453. The maximum atomic E-state index is 9.36. The molecule has 2 heterocycles. The molecular weight excluding hydrogens is 328 g/mol. The summed E-state index contributed by atoms with van der Waals surface area (Å²) in [6.07, 6.45) is 1.64. The summed E-state index contributed by atoms with van der Waals surface area (Å²) in [6, 6.07) is 17.7. The highest BCUT2D eigenvalue weighted by Gasteiger charge is 2.28. The van der Waals surface area contributed by atoms with Crippen molar-refractivity contribution in [1.29, 1.82) is 5.26 Å². The van der Waals surface area contributed by atoms with E-state index in [9.17, 15) is 5.26 Å². The van der Waals surface area contributed by atoms with Gasteiger partial charge in [0, 0.05) is 23.0 Å². The van der Waals surface area contributed by atoms with Crippen LogP contribution < -0.4 is 9.47 Å². The number of hydrogen-bond acceptors (Lipinski definition) is 4. The van der Waals surface area contributed by atoms with E-state index in [0.717, 1.165) is 22.5 Å². The lowest BCUT2D eigenvalue weighted by Gasteiger charge is -2.22. The highest BCUT2D eigenvalue weighted by atomic mass is 16.5. The molecule has 0 aliphatic carbocycles. The molecular formula is C21H18N2O3. The maximum Gasteiger partial charge on any atom is 0.166 e. The molecule has 2 aromatic carbocycles. The number of rotatable bonds is 3. The van der Waals surface area contributed by atoms with Crippen LogP contribution >= 0.6 is 0 Å². The van der Waals surface area contributed by atoms with Crippen LogP contribution in [-0.4, -0.2) is 18.8 Å². The van der Waals surface area contributed by atoms with Crippen LogP contribution in [0.4, 0.5) is 0 Å². The van der Waals surface area contributed by atoms with Crippen molar-refractivity contribution in [2.45, 2.75) is 12.7 Å². The van der Waals surface area contributed by atoms with Crippen LogP contribution in [0, 0.1) is 11.3 Å². The average Bonchev–Trinajstić information content (AvgIpc) is 3.10. The van der Waals surface area contributed by atoms with Gasteiger partial charge in [-0.25, -0.2) is 0 Å². The first-order chi connectivity index (χ1) is 12.8. The van der Waals surface area contributed by atoms with E-state index < -0.39 is 0 Å². The summed E-state index contributed by atoms with van der Waals surface area (Å²) < 4.78 is 19.4. The van der Waals surface area contributed by atoms with Crippen molar-refractivity contribution in [3.05, 3.63) is 77.1 Å². The molecule has 1 atom stereocenters. The smallest absolute Gasteiger partial charge is 0.166 e. The van der Waals surface area contributed by atoms with Crippen LogP contribution in [0.25, 0.3) is 5.69 Å². The lowest BCUT2D eigenvalue weighted by molar-refractivity contribution is 0.0659. The van der Waals surface area contributed by atoms with E-state index >= 15 is 0 Å². The summed E-state index contributed by atoms with van der Waals surface area (Å²) in [5.41, 5.74) is 4.44. The highest BCUT2D eigenvalue weighted by molar-refractivity contribution is 5.56. The molecule has 4 rings (SSSR count). The lowest BCUT2D eigenvalue weighted by Crippen LogP contribution is -2.08. The van der Waals surface area contributed by atoms with E-state index in [4.69, 9.17) is 14.2 Å². The largest absolute Gasteiger partial charge is 0.493 e. The summed E-state index contributed by atoms with van der Waals surface area (Å²) in [5.74, 6) is 1.29. The van der Waals surface area contributed by atoms with Crippen molar-refractivity contribution in [3.63, 3.8) is 0 Å². The minimum Gasteiger partial charge on any atom is -0.493 e. The Labute approximate surface area is 152 Å². The van der Waals surface area contributed by atoms with E-state index in [2.05, 4.69) is 10.6 Å². The zero-order valence-corrected chi connectivity index (χ0v) is 14.6. The predicted molar refractivity (Wildman–Crippen MR) is 96.7 cm³/mol. The molecule has 130 valence electrons. The van der Waals surface area contributed by atoms with Gasteiger partial charge >= 0.3 is 0 Å². The number of nitrogens with zero attached hydrogens (tertiary/aromatic N) is 2. The Morgan fingerprint density at radius 3 is 2.73 bits per heavy atom. The first-order valence-corrected chi connectivity index (χ1v) is 8.30. The van der Waals surface area contributed by atoms with Gasteiger partial charge in [-0.1, -0.05) is 12.1 Å². The van der Waals surface area contributed by atoms with E-state index in [1.807, 2.05) is 54.7 Å². The molecule has 5 nitrogen and oxygen atoms in total. The molecule has 0 N–H and O–H groups in total. The quantitative estimate of drug-likeness (QED) is 0.720. The molecule has 0 radical (unpaired) electrons. The lowest BCUT2D eigenvalue weighted by atomic mass is 9.96. The Morgan fingerprint density at radius 1 is 1.08 bits per heavy atom. The van der Waals surface area contributed by atoms with E-state index in [0.29, 0.717) is 23.7 Å². The zero-order valence-electron chi connectivity index (χ0n) is 14.6. The number of hydrogen-bond donors (Lipinski definition) is 0. The van der Waals surface area contributed by atoms with Crippen molar-refractivity contribution in [1.82, 2.24) is 4.57 Å². The third-order valence-electron chi connectivity index (χ3n) is 4.65. The number of ether oxygens (including phenoxy) is 3. The molecule has 0 spiro atoms. The molecule has 26 heavy (non-hydrogen) atoms. The molecule has 0 fully saturated rings. The number of nitriles is 1. The van der Waals surface area contributed by atoms with Gasteiger partial charge in [-0.05, 0) is 36.4 Å². The number of benzene rings is 2. The van der Waals surface area contributed by atoms with Gasteiger partial charge in [-0.2, -0.15) is 5.26 Å². The van der Waals surface area contributed by atoms with Gasteiger partial charge in [-0.15, -0.1) is 0 Å². The van der Waals surface area contributed by atoms with Crippen LogP contribution in [0.15, 0.2) is 54.7 Å². The van der Waals surface area contributed by atoms with Gasteiger partial charge in [0.05, 0.1) is 38.1 Å². The molecule has 0 saturated carbocycles. The molecule has 0 amide bonds. The summed E-state index contributed by atoms with van der Waals surface area (Å²) in [5, 5.41) is 9.36. The standard InChI is InChI=1S/C21H18N2O3/c1-24-19-7-3-6-16(21(19)25-2)20-17-11-14(12-22)8-9-18(17)23-10-4-5-15(23)13-26-20/h3-11,20H,13H2,1-2H3. The summed E-state index contributed by atoms with van der Waals surface area (Å²) in [7, 11) is 3.23. The molecule has 3 aromatic rings. The topological polar surface area (TPSA) is 56.4 Å². The van der Waals surface area contributed by atoms with Gasteiger partial charge in [-0.3, -0.25) is 0 Å². The van der Waals surface area contributed by atoms with Crippen molar-refractivity contribution >= 4 is 0 Å². The number of para-hydroxylation sites is 1. The second-order valence-corrected chi connectivity index (χ2v) is 6.03. The average molecular weight is 346 g/mol. The van der Waals surface area contributed by atoms with Crippen LogP contribution in [0.3, 0.4) is 0 Å². The minimum absolute atomic E-state index is 0.372. The molecule has 1 aliphatic heterocycles. The predicted octanol–water partition coefficient (Wildman–Crippen LogP) is 3.99. The summed E-state index contributed by atoms with van der Waals surface area (Å²) in [4.78, 5) is 0. The SMILES string of the molecule is COc1cccc(C2OCc3cccn3-c3ccc(C#N)cc32)c1OC. The fraction of sp³-hybridized carbons (Fsp3) is 0.190. The highest BCUT2D eigenvalue weighted by Crippen LogP contribution is 2.42. The Hall–Kier alpha value is -3.23. The normalized spacial score (nSPS) is 15.3.